The van der Waals surface area contributed by atoms with Crippen molar-refractivity contribution in [3.63, 3.8) is 0 Å². The normalized spacial score (nSPS) is 22.2. The summed E-state index contributed by atoms with van der Waals surface area (Å²) in [5.41, 5.74) is 2.61. The zero-order valence-corrected chi connectivity index (χ0v) is 11.1. The maximum absolute atomic E-state index is 4.67. The Morgan fingerprint density at radius 2 is 2.12 bits per heavy atom. The molecule has 0 saturated heterocycles. The van der Waals surface area contributed by atoms with E-state index < -0.39 is 0 Å². The van der Waals surface area contributed by atoms with Gasteiger partial charge < -0.3 is 5.32 Å². The van der Waals surface area contributed by atoms with E-state index in [0.717, 1.165) is 5.96 Å². The molecule has 1 aliphatic carbocycles. The van der Waals surface area contributed by atoms with Crippen LogP contribution in [0.1, 0.15) is 29.7 Å². The Balaban J connectivity index is 1.84. The minimum Gasteiger partial charge on any atom is -0.324 e. The second-order valence-electron chi connectivity index (χ2n) is 4.34. The molecule has 1 saturated carbocycles. The molecule has 0 bridgehead atoms. The van der Waals surface area contributed by atoms with Gasteiger partial charge in [0.2, 0.25) is 5.96 Å². The van der Waals surface area contributed by atoms with E-state index in [9.17, 15) is 0 Å². The highest BCUT2D eigenvalue weighted by atomic mass is 32.2. The van der Waals surface area contributed by atoms with E-state index in [1.165, 1.54) is 39.6 Å². The van der Waals surface area contributed by atoms with Gasteiger partial charge in [-0.15, -0.1) is 11.3 Å². The maximum Gasteiger partial charge on any atom is 0.206 e. The number of hydrogen-bond acceptors (Lipinski definition) is 3. The number of aryl methyl sites for hydroxylation is 1. The highest BCUT2D eigenvalue weighted by Crippen LogP contribution is 2.40. The molecule has 2 aliphatic rings. The maximum atomic E-state index is 4.67. The number of thiophene rings is 1. The molecule has 0 radical (unpaired) electrons. The summed E-state index contributed by atoms with van der Waals surface area (Å²) in [6.45, 7) is 4.34. The van der Waals surface area contributed by atoms with Gasteiger partial charge in [-0.3, -0.25) is 4.72 Å². The van der Waals surface area contributed by atoms with Crippen molar-refractivity contribution in [1.29, 1.82) is 0 Å². The van der Waals surface area contributed by atoms with Gasteiger partial charge in [0.15, 0.2) is 0 Å². The molecule has 1 aromatic rings. The first-order valence-electron chi connectivity index (χ1n) is 5.61. The Hall–Kier alpha value is -0.680. The van der Waals surface area contributed by atoms with E-state index in [1.807, 2.05) is 11.3 Å². The van der Waals surface area contributed by atoms with Gasteiger partial charge in [0, 0.05) is 16.8 Å². The van der Waals surface area contributed by atoms with Gasteiger partial charge in [0.25, 0.3) is 0 Å². The van der Waals surface area contributed by atoms with Crippen molar-refractivity contribution in [1.82, 2.24) is 4.72 Å². The molecule has 16 heavy (non-hydrogen) atoms. The summed E-state index contributed by atoms with van der Waals surface area (Å²) in [7, 11) is 0. The predicted octanol–water partition coefficient (Wildman–Crippen LogP) is 3.30. The number of nitrogens with one attached hydrogen (secondary N) is 2. The molecule has 0 atom stereocenters. The second-order valence-corrected chi connectivity index (χ2v) is 6.64. The topological polar surface area (TPSA) is 36.4 Å². The van der Waals surface area contributed by atoms with Crippen LogP contribution in [0.3, 0.4) is 0 Å². The van der Waals surface area contributed by atoms with Gasteiger partial charge in [0.1, 0.15) is 4.21 Å². The average molecular weight is 253 g/mol. The predicted molar refractivity (Wildman–Crippen MR) is 71.5 cm³/mol. The molecular formula is C11H15N3S2. The Morgan fingerprint density at radius 1 is 1.31 bits per heavy atom. The number of hydrogen-bond donors (Lipinski definition) is 2. The van der Waals surface area contributed by atoms with Crippen molar-refractivity contribution in [3.05, 3.63) is 10.4 Å². The summed E-state index contributed by atoms with van der Waals surface area (Å²) >= 11 is 3.52. The first-order valence-corrected chi connectivity index (χ1v) is 7.25. The second kappa shape index (κ2) is 3.96. The molecule has 0 spiro atoms. The molecular weight excluding hydrogens is 238 g/mol. The molecule has 3 rings (SSSR count). The standard InChI is InChI=1S/C11H15N3S2/c1-6-7(2)15-10-9(6)13-11(14-16-10)12-8-4-3-5-8/h8H,3-5H2,1-2H3,(H2,12,13,14). The SMILES string of the molecule is Cc1sc2c(c1C)NC(=NC1CCC1)NS2. The highest BCUT2D eigenvalue weighted by molar-refractivity contribution is 8.00. The zero-order valence-electron chi connectivity index (χ0n) is 9.46. The Morgan fingerprint density at radius 3 is 2.81 bits per heavy atom. The van der Waals surface area contributed by atoms with Crippen LogP contribution in [0, 0.1) is 13.8 Å². The highest BCUT2D eigenvalue weighted by Gasteiger charge is 2.22. The number of anilines is 1. The summed E-state index contributed by atoms with van der Waals surface area (Å²) in [5, 5.41) is 3.41. The van der Waals surface area contributed by atoms with Crippen LogP contribution in [-0.2, 0) is 0 Å². The lowest BCUT2D eigenvalue weighted by molar-refractivity contribution is 0.419. The van der Waals surface area contributed by atoms with Gasteiger partial charge >= 0.3 is 0 Å². The third kappa shape index (κ3) is 1.72. The van der Waals surface area contributed by atoms with Crippen LogP contribution in [0.2, 0.25) is 0 Å². The average Bonchev–Trinajstić information content (AvgIpc) is 2.50. The van der Waals surface area contributed by atoms with Gasteiger partial charge in [-0.05, 0) is 38.7 Å². The van der Waals surface area contributed by atoms with E-state index in [0.29, 0.717) is 6.04 Å². The van der Waals surface area contributed by atoms with Crippen molar-refractivity contribution in [2.75, 3.05) is 5.32 Å². The summed E-state index contributed by atoms with van der Waals surface area (Å²) in [6, 6.07) is 0.539. The minimum absolute atomic E-state index is 0.539. The lowest BCUT2D eigenvalue weighted by Crippen LogP contribution is -2.32. The third-order valence-electron chi connectivity index (χ3n) is 3.22. The fourth-order valence-corrected chi connectivity index (χ4v) is 3.91. The number of nitrogens with zero attached hydrogens (tertiary/aromatic N) is 1. The monoisotopic (exact) mass is 253 g/mol. The number of guanidine groups is 1. The molecule has 0 unspecified atom stereocenters. The molecule has 2 N–H and O–H groups in total. The van der Waals surface area contributed by atoms with E-state index in [-0.39, 0.29) is 0 Å². The molecule has 3 nitrogen and oxygen atoms in total. The summed E-state index contributed by atoms with van der Waals surface area (Å²) < 4.78 is 4.60. The third-order valence-corrected chi connectivity index (χ3v) is 5.41. The summed E-state index contributed by atoms with van der Waals surface area (Å²) in [6.07, 6.45) is 3.81. The van der Waals surface area contributed by atoms with Crippen LogP contribution < -0.4 is 10.0 Å². The van der Waals surface area contributed by atoms with Gasteiger partial charge in [-0.1, -0.05) is 0 Å². The molecule has 2 heterocycles. The summed E-state index contributed by atoms with van der Waals surface area (Å²) in [5.74, 6) is 0.933. The molecule has 5 heteroatoms. The quantitative estimate of drug-likeness (QED) is 0.754. The van der Waals surface area contributed by atoms with Crippen LogP contribution in [0.4, 0.5) is 5.69 Å². The van der Waals surface area contributed by atoms with Crippen LogP contribution in [-0.4, -0.2) is 12.0 Å². The molecule has 0 aromatic carbocycles. The smallest absolute Gasteiger partial charge is 0.206 e. The van der Waals surface area contributed by atoms with Crippen LogP contribution in [0.15, 0.2) is 9.20 Å². The molecule has 86 valence electrons. The van der Waals surface area contributed by atoms with Gasteiger partial charge in [0.05, 0.1) is 11.7 Å². The zero-order chi connectivity index (χ0) is 11.1. The molecule has 0 amide bonds. The van der Waals surface area contributed by atoms with E-state index >= 15 is 0 Å². The molecule has 1 aromatic heterocycles. The van der Waals surface area contributed by atoms with Crippen LogP contribution >= 0.6 is 23.3 Å². The largest absolute Gasteiger partial charge is 0.324 e. The first-order chi connectivity index (χ1) is 7.74. The van der Waals surface area contributed by atoms with Crippen molar-refractivity contribution in [2.45, 2.75) is 43.4 Å². The van der Waals surface area contributed by atoms with Crippen molar-refractivity contribution in [2.24, 2.45) is 4.99 Å². The van der Waals surface area contributed by atoms with Crippen LogP contribution in [0.25, 0.3) is 0 Å². The lowest BCUT2D eigenvalue weighted by Gasteiger charge is -2.25. The van der Waals surface area contributed by atoms with Crippen molar-refractivity contribution in [3.8, 4) is 0 Å². The number of rotatable bonds is 1. The van der Waals surface area contributed by atoms with Gasteiger partial charge in [-0.25, -0.2) is 4.99 Å². The number of fused-ring (bicyclic) bond motifs is 1. The molecule has 1 aliphatic heterocycles. The summed E-state index contributed by atoms with van der Waals surface area (Å²) in [4.78, 5) is 6.05. The fourth-order valence-electron chi connectivity index (χ4n) is 1.81. The minimum atomic E-state index is 0.539. The Bertz CT molecular complexity index is 446. The van der Waals surface area contributed by atoms with Crippen LogP contribution in [0.5, 0.6) is 0 Å². The van der Waals surface area contributed by atoms with Crippen molar-refractivity contribution < 1.29 is 0 Å². The number of aliphatic imine (C=N–C) groups is 1. The fraction of sp³-hybridized carbons (Fsp3) is 0.545. The Labute approximate surface area is 104 Å². The Kier molecular flexibility index (Phi) is 2.59. The van der Waals surface area contributed by atoms with E-state index in [4.69, 9.17) is 0 Å². The first kappa shape index (κ1) is 10.5. The van der Waals surface area contributed by atoms with E-state index in [1.54, 1.807) is 11.9 Å². The lowest BCUT2D eigenvalue weighted by atomic mass is 9.94. The van der Waals surface area contributed by atoms with E-state index in [2.05, 4.69) is 28.9 Å². The van der Waals surface area contributed by atoms with Crippen molar-refractivity contribution >= 4 is 34.9 Å². The van der Waals surface area contributed by atoms with Gasteiger partial charge in [-0.2, -0.15) is 0 Å². The molecule has 1 fully saturated rings.